The highest BCUT2D eigenvalue weighted by atomic mass is 19.4. The van der Waals surface area contributed by atoms with Gasteiger partial charge in [-0.2, -0.15) is 13.2 Å². The number of rotatable bonds is 11. The molecule has 0 aliphatic carbocycles. The summed E-state index contributed by atoms with van der Waals surface area (Å²) in [6.07, 6.45) is -4.71. The topological polar surface area (TPSA) is 123 Å². The lowest BCUT2D eigenvalue weighted by Crippen LogP contribution is -2.48. The first kappa shape index (κ1) is 27.8. The van der Waals surface area contributed by atoms with Gasteiger partial charge in [-0.25, -0.2) is 4.79 Å². The van der Waals surface area contributed by atoms with E-state index >= 15 is 0 Å². The van der Waals surface area contributed by atoms with E-state index in [0.29, 0.717) is 12.0 Å². The van der Waals surface area contributed by atoms with Crippen LogP contribution in [0.5, 0.6) is 0 Å². The highest BCUT2D eigenvalue weighted by Gasteiger charge is 2.42. The maximum Gasteiger partial charge on any atom is 0.490 e. The molecule has 2 rings (SSSR count). The van der Waals surface area contributed by atoms with Crippen molar-refractivity contribution in [1.82, 2.24) is 15.6 Å². The van der Waals surface area contributed by atoms with E-state index in [1.54, 1.807) is 30.5 Å². The summed E-state index contributed by atoms with van der Waals surface area (Å²) in [6, 6.07) is 11.7. The molecule has 1 aromatic carbocycles. The number of aromatic nitrogens is 1. The SMILES string of the molecule is CC(C)C[C@@H](N)C(=O)NCC(CNC(=O)Cc1cccc(-c2ccccn2)c1)OC(=O)C(F)(F)F. The zero-order valence-corrected chi connectivity index (χ0v) is 19.5. The number of amides is 2. The Balaban J connectivity index is 1.98. The van der Waals surface area contributed by atoms with Crippen LogP contribution in [0.3, 0.4) is 0 Å². The number of benzene rings is 1. The number of halogens is 3. The van der Waals surface area contributed by atoms with Crippen molar-refractivity contribution in [2.75, 3.05) is 13.1 Å². The van der Waals surface area contributed by atoms with Crippen LogP contribution in [0.2, 0.25) is 0 Å². The average molecular weight is 495 g/mol. The molecule has 4 N–H and O–H groups in total. The molecular weight excluding hydrogens is 465 g/mol. The van der Waals surface area contributed by atoms with Gasteiger partial charge < -0.3 is 21.1 Å². The second-order valence-corrected chi connectivity index (χ2v) is 8.40. The van der Waals surface area contributed by atoms with Gasteiger partial charge in [0.1, 0.15) is 6.10 Å². The fourth-order valence-electron chi connectivity index (χ4n) is 3.18. The molecule has 1 heterocycles. The van der Waals surface area contributed by atoms with E-state index in [1.807, 2.05) is 32.0 Å². The second-order valence-electron chi connectivity index (χ2n) is 8.40. The van der Waals surface area contributed by atoms with Gasteiger partial charge in [0.25, 0.3) is 0 Å². The Morgan fingerprint density at radius 2 is 1.77 bits per heavy atom. The summed E-state index contributed by atoms with van der Waals surface area (Å²) < 4.78 is 42.5. The first-order chi connectivity index (χ1) is 16.5. The van der Waals surface area contributed by atoms with Crippen LogP contribution in [0.1, 0.15) is 25.8 Å². The Morgan fingerprint density at radius 3 is 2.40 bits per heavy atom. The molecule has 0 spiro atoms. The molecular formula is C24H29F3N4O4. The maximum atomic E-state index is 12.7. The molecule has 2 atom stereocenters. The minimum atomic E-state index is -5.22. The van der Waals surface area contributed by atoms with Crippen molar-refractivity contribution in [2.24, 2.45) is 11.7 Å². The lowest BCUT2D eigenvalue weighted by Gasteiger charge is -2.21. The largest absolute Gasteiger partial charge is 0.490 e. The van der Waals surface area contributed by atoms with Crippen molar-refractivity contribution in [3.63, 3.8) is 0 Å². The lowest BCUT2D eigenvalue weighted by atomic mass is 10.0. The predicted octanol–water partition coefficient (Wildman–Crippen LogP) is 2.37. The van der Waals surface area contributed by atoms with Gasteiger partial charge in [0.15, 0.2) is 0 Å². The van der Waals surface area contributed by atoms with Crippen molar-refractivity contribution in [2.45, 2.75) is 45.0 Å². The monoisotopic (exact) mass is 494 g/mol. The number of esters is 1. The van der Waals surface area contributed by atoms with Gasteiger partial charge in [0, 0.05) is 11.8 Å². The van der Waals surface area contributed by atoms with Crippen LogP contribution >= 0.6 is 0 Å². The van der Waals surface area contributed by atoms with Gasteiger partial charge in [-0.1, -0.05) is 38.1 Å². The first-order valence-corrected chi connectivity index (χ1v) is 11.0. The summed E-state index contributed by atoms with van der Waals surface area (Å²) >= 11 is 0. The molecule has 0 saturated carbocycles. The van der Waals surface area contributed by atoms with E-state index in [9.17, 15) is 27.6 Å². The summed E-state index contributed by atoms with van der Waals surface area (Å²) in [5.41, 5.74) is 7.94. The normalized spacial score (nSPS) is 13.1. The molecule has 2 amide bonds. The quantitative estimate of drug-likeness (QED) is 0.412. The Bertz CT molecular complexity index is 1000. The number of carbonyl (C=O) groups is 3. The highest BCUT2D eigenvalue weighted by molar-refractivity contribution is 5.82. The summed E-state index contributed by atoms with van der Waals surface area (Å²) in [5, 5.41) is 4.83. The molecule has 1 aromatic heterocycles. The Labute approximate surface area is 201 Å². The van der Waals surface area contributed by atoms with Crippen LogP contribution < -0.4 is 16.4 Å². The number of alkyl halides is 3. The number of ether oxygens (including phenoxy) is 1. The lowest BCUT2D eigenvalue weighted by molar-refractivity contribution is -0.204. The number of nitrogens with zero attached hydrogens (tertiary/aromatic N) is 1. The van der Waals surface area contributed by atoms with Gasteiger partial charge in [0.2, 0.25) is 11.8 Å². The predicted molar refractivity (Wildman–Crippen MR) is 123 cm³/mol. The van der Waals surface area contributed by atoms with Gasteiger partial charge in [-0.15, -0.1) is 0 Å². The zero-order valence-electron chi connectivity index (χ0n) is 19.5. The molecule has 11 heteroatoms. The molecule has 2 aromatic rings. The minimum absolute atomic E-state index is 0.0633. The van der Waals surface area contributed by atoms with Crippen LogP contribution in [-0.2, 0) is 25.5 Å². The Morgan fingerprint density at radius 1 is 1.06 bits per heavy atom. The van der Waals surface area contributed by atoms with Crippen LogP contribution in [0.4, 0.5) is 13.2 Å². The number of nitrogens with one attached hydrogen (secondary N) is 2. The maximum absolute atomic E-state index is 12.7. The molecule has 0 bridgehead atoms. The van der Waals surface area contributed by atoms with Crippen LogP contribution in [0.15, 0.2) is 48.7 Å². The third-order valence-electron chi connectivity index (χ3n) is 4.85. The van der Waals surface area contributed by atoms with Crippen molar-refractivity contribution >= 4 is 17.8 Å². The molecule has 1 unspecified atom stereocenters. The van der Waals surface area contributed by atoms with E-state index in [-0.39, 0.29) is 12.3 Å². The van der Waals surface area contributed by atoms with E-state index in [1.165, 1.54) is 0 Å². The third kappa shape index (κ3) is 9.73. The van der Waals surface area contributed by atoms with Crippen molar-refractivity contribution in [3.05, 3.63) is 54.2 Å². The summed E-state index contributed by atoms with van der Waals surface area (Å²) in [7, 11) is 0. The smallest absolute Gasteiger partial charge is 0.452 e. The van der Waals surface area contributed by atoms with Crippen LogP contribution in [-0.4, -0.2) is 54.2 Å². The van der Waals surface area contributed by atoms with Crippen LogP contribution in [0.25, 0.3) is 11.3 Å². The summed E-state index contributed by atoms with van der Waals surface area (Å²) in [6.45, 7) is 2.85. The second kappa shape index (κ2) is 12.8. The zero-order chi connectivity index (χ0) is 26.0. The number of hydrogen-bond acceptors (Lipinski definition) is 6. The molecule has 0 fully saturated rings. The fraction of sp³-hybridized carbons (Fsp3) is 0.417. The molecule has 190 valence electrons. The van der Waals surface area contributed by atoms with E-state index in [0.717, 1.165) is 11.3 Å². The van der Waals surface area contributed by atoms with Gasteiger partial charge in [-0.05, 0) is 36.1 Å². The molecule has 35 heavy (non-hydrogen) atoms. The van der Waals surface area contributed by atoms with Gasteiger partial charge in [-0.3, -0.25) is 14.6 Å². The highest BCUT2D eigenvalue weighted by Crippen LogP contribution is 2.19. The van der Waals surface area contributed by atoms with Crippen LogP contribution in [0, 0.1) is 5.92 Å². The molecule has 8 nitrogen and oxygen atoms in total. The molecule has 0 aliphatic rings. The number of nitrogens with two attached hydrogens (primary N) is 1. The third-order valence-corrected chi connectivity index (χ3v) is 4.85. The number of hydrogen-bond donors (Lipinski definition) is 3. The average Bonchev–Trinajstić information content (AvgIpc) is 2.80. The molecule has 0 aliphatic heterocycles. The summed E-state index contributed by atoms with van der Waals surface area (Å²) in [5.74, 6) is -3.38. The Hall–Kier alpha value is -3.47. The van der Waals surface area contributed by atoms with E-state index in [4.69, 9.17) is 5.73 Å². The number of pyridine rings is 1. The minimum Gasteiger partial charge on any atom is -0.452 e. The fourth-order valence-corrected chi connectivity index (χ4v) is 3.18. The van der Waals surface area contributed by atoms with Crippen molar-refractivity contribution in [1.29, 1.82) is 0 Å². The first-order valence-electron chi connectivity index (χ1n) is 11.0. The van der Waals surface area contributed by atoms with Gasteiger partial charge in [0.05, 0.1) is 31.2 Å². The Kier molecular flexibility index (Phi) is 10.2. The van der Waals surface area contributed by atoms with E-state index in [2.05, 4.69) is 20.4 Å². The van der Waals surface area contributed by atoms with E-state index < -0.39 is 49.2 Å². The molecule has 0 saturated heterocycles. The summed E-state index contributed by atoms with van der Waals surface area (Å²) in [4.78, 5) is 40.1. The van der Waals surface area contributed by atoms with Crippen molar-refractivity contribution in [3.8, 4) is 11.3 Å². The standard InChI is InChI=1S/C24H29F3N4O4/c1-15(2)10-19(28)22(33)31-14-18(35-23(34)24(25,26)27)13-30-21(32)12-16-6-5-7-17(11-16)20-8-3-4-9-29-20/h3-9,11,15,18-19H,10,12-14,28H2,1-2H3,(H,30,32)(H,31,33)/t18?,19-/m1/s1. The van der Waals surface area contributed by atoms with Crippen molar-refractivity contribution < 1.29 is 32.3 Å². The number of carbonyl (C=O) groups excluding carboxylic acids is 3. The van der Waals surface area contributed by atoms with Gasteiger partial charge >= 0.3 is 12.1 Å². The molecule has 0 radical (unpaired) electrons.